The Morgan fingerprint density at radius 3 is 2.56 bits per heavy atom. The molecule has 3 amide bonds. The van der Waals surface area contributed by atoms with E-state index in [9.17, 15) is 23.2 Å². The topological polar surface area (TPSA) is 82.9 Å². The quantitative estimate of drug-likeness (QED) is 0.517. The summed E-state index contributed by atoms with van der Waals surface area (Å²) >= 11 is 0. The van der Waals surface area contributed by atoms with E-state index < -0.39 is 40.9 Å². The van der Waals surface area contributed by atoms with Crippen LogP contribution in [0.1, 0.15) is 32.3 Å². The minimum atomic E-state index is -1.19. The summed E-state index contributed by atoms with van der Waals surface area (Å²) in [6.07, 6.45) is -0.631. The SMILES string of the molecule is [C-]#[N+][C@@H]1C[C@@]2(CN1C(=O)C(CC(C)C)C(=O)Nc1cc(F)cc(F)c1)C(=O)Nc1ccccc12. The van der Waals surface area contributed by atoms with Gasteiger partial charge in [0.1, 0.15) is 23.0 Å². The Morgan fingerprint density at radius 2 is 1.91 bits per heavy atom. The van der Waals surface area contributed by atoms with Gasteiger partial charge >= 0.3 is 6.17 Å². The highest BCUT2D eigenvalue weighted by molar-refractivity contribution is 6.09. The molecule has 2 aromatic rings. The fraction of sp³-hybridized carbons (Fsp3) is 0.360. The molecule has 1 fully saturated rings. The largest absolute Gasteiger partial charge is 0.325 e. The average molecular weight is 466 g/mol. The van der Waals surface area contributed by atoms with E-state index in [-0.39, 0.29) is 36.9 Å². The molecule has 0 saturated carbocycles. The number of anilines is 2. The van der Waals surface area contributed by atoms with Crippen molar-refractivity contribution >= 4 is 29.1 Å². The van der Waals surface area contributed by atoms with E-state index in [0.717, 1.165) is 17.7 Å². The van der Waals surface area contributed by atoms with Crippen LogP contribution in [0, 0.1) is 30.0 Å². The first-order chi connectivity index (χ1) is 16.1. The molecule has 2 aliphatic rings. The highest BCUT2D eigenvalue weighted by Gasteiger charge is 2.59. The van der Waals surface area contributed by atoms with Gasteiger partial charge in [0.05, 0.1) is 6.42 Å². The third kappa shape index (κ3) is 4.12. The van der Waals surface area contributed by atoms with Crippen LogP contribution in [0.15, 0.2) is 42.5 Å². The molecule has 7 nitrogen and oxygen atoms in total. The number of carbonyl (C=O) groups excluding carboxylic acids is 3. The van der Waals surface area contributed by atoms with Gasteiger partial charge in [0, 0.05) is 24.0 Å². The van der Waals surface area contributed by atoms with E-state index in [4.69, 9.17) is 6.57 Å². The molecule has 2 heterocycles. The lowest BCUT2D eigenvalue weighted by molar-refractivity contribution is -0.141. The number of likely N-dealkylation sites (tertiary alicyclic amines) is 1. The first kappa shape index (κ1) is 23.4. The van der Waals surface area contributed by atoms with Crippen molar-refractivity contribution in [2.75, 3.05) is 17.2 Å². The summed E-state index contributed by atoms with van der Waals surface area (Å²) in [5.41, 5.74) is 0.207. The molecule has 0 bridgehead atoms. The fourth-order valence-corrected chi connectivity index (χ4v) is 4.80. The molecule has 1 unspecified atom stereocenters. The predicted octanol–water partition coefficient (Wildman–Crippen LogP) is 3.93. The van der Waals surface area contributed by atoms with E-state index in [1.54, 1.807) is 24.3 Å². The van der Waals surface area contributed by atoms with Gasteiger partial charge in [0.25, 0.3) is 0 Å². The van der Waals surface area contributed by atoms with Gasteiger partial charge in [-0.25, -0.2) is 15.4 Å². The number of amides is 3. The Balaban J connectivity index is 1.63. The zero-order chi connectivity index (χ0) is 24.6. The Bertz CT molecular complexity index is 1190. The Kier molecular flexibility index (Phi) is 6.09. The van der Waals surface area contributed by atoms with Crippen LogP contribution in [-0.2, 0) is 19.8 Å². The molecule has 0 radical (unpaired) electrons. The lowest BCUT2D eigenvalue weighted by Gasteiger charge is -2.25. The first-order valence-electron chi connectivity index (χ1n) is 11.0. The van der Waals surface area contributed by atoms with Gasteiger partial charge in [0.15, 0.2) is 0 Å². The van der Waals surface area contributed by atoms with Crippen molar-refractivity contribution in [1.29, 1.82) is 0 Å². The van der Waals surface area contributed by atoms with Crippen molar-refractivity contribution in [2.24, 2.45) is 11.8 Å². The van der Waals surface area contributed by atoms with Gasteiger partial charge in [0.2, 0.25) is 17.7 Å². The molecule has 2 aromatic carbocycles. The summed E-state index contributed by atoms with van der Waals surface area (Å²) in [4.78, 5) is 44.6. The van der Waals surface area contributed by atoms with Crippen LogP contribution >= 0.6 is 0 Å². The van der Waals surface area contributed by atoms with E-state index >= 15 is 0 Å². The molecule has 3 atom stereocenters. The number of nitrogens with zero attached hydrogens (tertiary/aromatic N) is 2. The van der Waals surface area contributed by atoms with Crippen LogP contribution in [0.4, 0.5) is 20.2 Å². The summed E-state index contributed by atoms with van der Waals surface area (Å²) in [5, 5.41) is 5.26. The molecular formula is C25H24F2N4O3. The molecule has 2 aliphatic heterocycles. The number of hydrogen-bond donors (Lipinski definition) is 2. The fourth-order valence-electron chi connectivity index (χ4n) is 4.80. The van der Waals surface area contributed by atoms with Gasteiger partial charge in [-0.1, -0.05) is 32.0 Å². The lowest BCUT2D eigenvalue weighted by Crippen LogP contribution is -2.45. The average Bonchev–Trinajstić information content (AvgIpc) is 3.29. The number of carbonyl (C=O) groups is 3. The van der Waals surface area contributed by atoms with Gasteiger partial charge in [-0.15, -0.1) is 0 Å². The van der Waals surface area contributed by atoms with Gasteiger partial charge in [-0.05, 0) is 36.1 Å². The van der Waals surface area contributed by atoms with E-state index in [1.165, 1.54) is 4.90 Å². The maximum atomic E-state index is 13.6. The van der Waals surface area contributed by atoms with Gasteiger partial charge < -0.3 is 10.6 Å². The zero-order valence-corrected chi connectivity index (χ0v) is 18.8. The molecule has 1 spiro atoms. The van der Waals surface area contributed by atoms with Crippen molar-refractivity contribution in [3.8, 4) is 0 Å². The van der Waals surface area contributed by atoms with Crippen LogP contribution < -0.4 is 10.6 Å². The first-order valence-corrected chi connectivity index (χ1v) is 11.0. The van der Waals surface area contributed by atoms with Crippen LogP contribution in [0.5, 0.6) is 0 Å². The second-order valence-electron chi connectivity index (χ2n) is 9.19. The van der Waals surface area contributed by atoms with Crippen LogP contribution in [0.25, 0.3) is 4.85 Å². The number of para-hydroxylation sites is 1. The number of halogens is 2. The molecular weight excluding hydrogens is 442 g/mol. The summed E-state index contributed by atoms with van der Waals surface area (Å²) in [5.74, 6) is -4.54. The maximum Gasteiger partial charge on any atom is 0.302 e. The van der Waals surface area contributed by atoms with Crippen molar-refractivity contribution in [3.05, 3.63) is 71.1 Å². The van der Waals surface area contributed by atoms with Crippen molar-refractivity contribution in [2.45, 2.75) is 38.3 Å². The van der Waals surface area contributed by atoms with Crippen molar-refractivity contribution in [3.63, 3.8) is 0 Å². The molecule has 0 aliphatic carbocycles. The molecule has 1 saturated heterocycles. The molecule has 9 heteroatoms. The second-order valence-corrected chi connectivity index (χ2v) is 9.19. The highest BCUT2D eigenvalue weighted by Crippen LogP contribution is 2.47. The third-order valence-corrected chi connectivity index (χ3v) is 6.34. The number of benzene rings is 2. The summed E-state index contributed by atoms with van der Waals surface area (Å²) in [7, 11) is 0. The zero-order valence-electron chi connectivity index (χ0n) is 18.8. The maximum absolute atomic E-state index is 13.6. The van der Waals surface area contributed by atoms with Crippen LogP contribution in [-0.4, -0.2) is 35.3 Å². The molecule has 176 valence electrons. The summed E-state index contributed by atoms with van der Waals surface area (Å²) < 4.78 is 27.2. The smallest absolute Gasteiger partial charge is 0.302 e. The number of rotatable bonds is 5. The Labute approximate surface area is 195 Å². The van der Waals surface area contributed by atoms with E-state index in [1.807, 2.05) is 13.8 Å². The third-order valence-electron chi connectivity index (χ3n) is 6.34. The second kappa shape index (κ2) is 8.86. The number of nitrogens with one attached hydrogen (secondary N) is 2. The Hall–Kier alpha value is -3.80. The highest BCUT2D eigenvalue weighted by atomic mass is 19.1. The predicted molar refractivity (Wildman–Crippen MR) is 121 cm³/mol. The molecule has 2 N–H and O–H groups in total. The Morgan fingerprint density at radius 1 is 1.24 bits per heavy atom. The van der Waals surface area contributed by atoms with Gasteiger partial charge in [-0.3, -0.25) is 24.1 Å². The van der Waals surface area contributed by atoms with E-state index in [2.05, 4.69) is 15.5 Å². The molecule has 0 aromatic heterocycles. The van der Waals surface area contributed by atoms with Crippen molar-refractivity contribution in [1.82, 2.24) is 4.90 Å². The minimum Gasteiger partial charge on any atom is -0.325 e. The lowest BCUT2D eigenvalue weighted by atomic mass is 9.80. The molecule has 4 rings (SSSR count). The van der Waals surface area contributed by atoms with Crippen molar-refractivity contribution < 1.29 is 23.2 Å². The molecule has 34 heavy (non-hydrogen) atoms. The van der Waals surface area contributed by atoms with E-state index in [0.29, 0.717) is 11.8 Å². The van der Waals surface area contributed by atoms with Crippen LogP contribution in [0.3, 0.4) is 0 Å². The summed E-state index contributed by atoms with van der Waals surface area (Å²) in [6.45, 7) is 11.3. The standard InChI is InChI=1S/C25H24F2N4O3/c1-14(2)8-18(22(32)29-17-10-15(26)9-16(27)11-17)23(33)31-13-25(12-21(31)28-3)19-6-4-5-7-20(19)30-24(25)34/h4-7,9-11,14,18,21H,8,12-13H2,1-2H3,(H,29,32)(H,30,34)/t18?,21-,25-/m0/s1. The number of hydrogen-bond acceptors (Lipinski definition) is 3. The normalized spacial score (nSPS) is 21.8. The van der Waals surface area contributed by atoms with Gasteiger partial charge in [-0.2, -0.15) is 0 Å². The monoisotopic (exact) mass is 466 g/mol. The van der Waals surface area contributed by atoms with Crippen LogP contribution in [0.2, 0.25) is 0 Å². The number of fused-ring (bicyclic) bond motifs is 2. The minimum absolute atomic E-state index is 0.0296. The summed E-state index contributed by atoms with van der Waals surface area (Å²) in [6, 6.07) is 9.77.